The third-order valence-corrected chi connectivity index (χ3v) is 4.02. The predicted octanol–water partition coefficient (Wildman–Crippen LogP) is 4.37. The third-order valence-electron chi connectivity index (χ3n) is 2.45. The van der Waals surface area contributed by atoms with Crippen LogP contribution in [0.4, 0.5) is 0 Å². The van der Waals surface area contributed by atoms with E-state index in [2.05, 4.69) is 22.6 Å². The van der Waals surface area contributed by atoms with Gasteiger partial charge in [0.05, 0.1) is 5.02 Å². The van der Waals surface area contributed by atoms with Crippen molar-refractivity contribution < 1.29 is 4.79 Å². The molecule has 86 valence electrons. The van der Waals surface area contributed by atoms with Gasteiger partial charge in [0.1, 0.15) is 0 Å². The van der Waals surface area contributed by atoms with Crippen LogP contribution in [-0.2, 0) is 6.42 Å². The lowest BCUT2D eigenvalue weighted by atomic mass is 10.0. The highest BCUT2D eigenvalue weighted by molar-refractivity contribution is 14.1. The van der Waals surface area contributed by atoms with Crippen LogP contribution in [0.1, 0.15) is 15.9 Å². The second-order valence-electron chi connectivity index (χ2n) is 3.71. The van der Waals surface area contributed by atoms with Gasteiger partial charge in [-0.25, -0.2) is 0 Å². The van der Waals surface area contributed by atoms with Gasteiger partial charge in [-0.15, -0.1) is 0 Å². The first-order chi connectivity index (χ1) is 8.16. The summed E-state index contributed by atoms with van der Waals surface area (Å²) in [6.07, 6.45) is 0.414. The number of benzene rings is 2. The van der Waals surface area contributed by atoms with E-state index < -0.39 is 0 Å². The van der Waals surface area contributed by atoms with Crippen molar-refractivity contribution in [1.29, 1.82) is 0 Å². The molecule has 0 amide bonds. The van der Waals surface area contributed by atoms with Crippen molar-refractivity contribution in [2.45, 2.75) is 6.42 Å². The summed E-state index contributed by atoms with van der Waals surface area (Å²) in [7, 11) is 0. The quantitative estimate of drug-likeness (QED) is 0.589. The van der Waals surface area contributed by atoms with Crippen LogP contribution in [0.15, 0.2) is 48.5 Å². The van der Waals surface area contributed by atoms with Gasteiger partial charge in [-0.2, -0.15) is 0 Å². The van der Waals surface area contributed by atoms with Crippen LogP contribution in [0.25, 0.3) is 0 Å². The van der Waals surface area contributed by atoms with Crippen molar-refractivity contribution in [3.8, 4) is 0 Å². The molecule has 0 bridgehead atoms. The molecule has 0 spiro atoms. The summed E-state index contributed by atoms with van der Waals surface area (Å²) in [4.78, 5) is 12.0. The van der Waals surface area contributed by atoms with Crippen LogP contribution in [0.3, 0.4) is 0 Å². The van der Waals surface area contributed by atoms with E-state index in [1.54, 1.807) is 6.07 Å². The van der Waals surface area contributed by atoms with Gasteiger partial charge in [-0.1, -0.05) is 48.0 Å². The number of Topliss-reactive ketones (excluding diaryl/α,β-unsaturated/α-hetero) is 1. The third kappa shape index (κ3) is 3.30. The molecule has 0 saturated carbocycles. The molecular formula is C14H10ClIO. The summed E-state index contributed by atoms with van der Waals surface area (Å²) in [5.74, 6) is 0.0921. The number of halogens is 2. The zero-order valence-corrected chi connectivity index (χ0v) is 11.9. The lowest BCUT2D eigenvalue weighted by Crippen LogP contribution is -2.03. The van der Waals surface area contributed by atoms with E-state index >= 15 is 0 Å². The van der Waals surface area contributed by atoms with Crippen molar-refractivity contribution in [2.24, 2.45) is 0 Å². The van der Waals surface area contributed by atoms with Gasteiger partial charge in [0.15, 0.2) is 5.78 Å². The fourth-order valence-corrected chi connectivity index (χ4v) is 2.07. The van der Waals surface area contributed by atoms with Crippen molar-refractivity contribution >= 4 is 40.0 Å². The summed E-state index contributed by atoms with van der Waals surface area (Å²) in [5.41, 5.74) is 1.69. The molecule has 0 aliphatic heterocycles. The number of hydrogen-bond acceptors (Lipinski definition) is 1. The summed E-state index contributed by atoms with van der Waals surface area (Å²) >= 11 is 8.15. The van der Waals surface area contributed by atoms with E-state index in [0.29, 0.717) is 17.0 Å². The molecule has 0 atom stereocenters. The standard InChI is InChI=1S/C14H10ClIO/c15-12-9-11(6-7-13(12)16)14(17)8-10-4-2-1-3-5-10/h1-7,9H,8H2. The Morgan fingerprint density at radius 3 is 2.47 bits per heavy atom. The number of rotatable bonds is 3. The molecule has 17 heavy (non-hydrogen) atoms. The van der Waals surface area contributed by atoms with Gasteiger partial charge >= 0.3 is 0 Å². The van der Waals surface area contributed by atoms with Crippen molar-refractivity contribution in [3.63, 3.8) is 0 Å². The highest BCUT2D eigenvalue weighted by Crippen LogP contribution is 2.20. The zero-order valence-electron chi connectivity index (χ0n) is 8.99. The maximum Gasteiger partial charge on any atom is 0.167 e. The maximum absolute atomic E-state index is 12.0. The first-order valence-electron chi connectivity index (χ1n) is 5.19. The summed E-state index contributed by atoms with van der Waals surface area (Å²) in [6, 6.07) is 15.1. The van der Waals surface area contributed by atoms with E-state index in [4.69, 9.17) is 11.6 Å². The van der Waals surface area contributed by atoms with Crippen molar-refractivity contribution in [2.75, 3.05) is 0 Å². The molecule has 0 aliphatic carbocycles. The Balaban J connectivity index is 2.18. The van der Waals surface area contributed by atoms with E-state index in [9.17, 15) is 4.79 Å². The average molecular weight is 357 g/mol. The fraction of sp³-hybridized carbons (Fsp3) is 0.0714. The van der Waals surface area contributed by atoms with Crippen molar-refractivity contribution in [1.82, 2.24) is 0 Å². The molecule has 0 aromatic heterocycles. The van der Waals surface area contributed by atoms with Crippen LogP contribution in [-0.4, -0.2) is 5.78 Å². The Bertz CT molecular complexity index is 537. The SMILES string of the molecule is O=C(Cc1ccccc1)c1ccc(I)c(Cl)c1. The van der Waals surface area contributed by atoms with Crippen LogP contribution < -0.4 is 0 Å². The molecule has 1 nitrogen and oxygen atoms in total. The Labute approximate surface area is 119 Å². The van der Waals surface area contributed by atoms with E-state index in [-0.39, 0.29) is 5.78 Å². The highest BCUT2D eigenvalue weighted by Gasteiger charge is 2.08. The van der Waals surface area contributed by atoms with Gasteiger partial charge in [0.2, 0.25) is 0 Å². The number of carbonyl (C=O) groups is 1. The molecule has 0 saturated heterocycles. The average Bonchev–Trinajstić information content (AvgIpc) is 2.34. The van der Waals surface area contributed by atoms with Gasteiger partial charge < -0.3 is 0 Å². The number of ketones is 1. The number of hydrogen-bond donors (Lipinski definition) is 0. The van der Waals surface area contributed by atoms with E-state index in [1.807, 2.05) is 42.5 Å². The Hall–Kier alpha value is -0.870. The van der Waals surface area contributed by atoms with Gasteiger partial charge in [-0.3, -0.25) is 4.79 Å². The van der Waals surface area contributed by atoms with Gasteiger partial charge in [-0.05, 0) is 40.3 Å². The van der Waals surface area contributed by atoms with Crippen molar-refractivity contribution in [3.05, 3.63) is 68.3 Å². The first-order valence-corrected chi connectivity index (χ1v) is 6.64. The molecule has 0 heterocycles. The second kappa shape index (κ2) is 5.65. The Kier molecular flexibility index (Phi) is 4.18. The van der Waals surface area contributed by atoms with Crippen LogP contribution in [0.2, 0.25) is 5.02 Å². The summed E-state index contributed by atoms with van der Waals surface area (Å²) < 4.78 is 0.959. The van der Waals surface area contributed by atoms with Crippen LogP contribution in [0, 0.1) is 3.57 Å². The lowest BCUT2D eigenvalue weighted by molar-refractivity contribution is 0.0993. The maximum atomic E-state index is 12.0. The Morgan fingerprint density at radius 2 is 1.82 bits per heavy atom. The molecule has 0 fully saturated rings. The molecular weight excluding hydrogens is 347 g/mol. The Morgan fingerprint density at radius 1 is 1.12 bits per heavy atom. The van der Waals surface area contributed by atoms with Crippen LogP contribution in [0.5, 0.6) is 0 Å². The monoisotopic (exact) mass is 356 g/mol. The zero-order chi connectivity index (χ0) is 12.3. The van der Waals surface area contributed by atoms with Crippen LogP contribution >= 0.6 is 34.2 Å². The second-order valence-corrected chi connectivity index (χ2v) is 5.28. The summed E-state index contributed by atoms with van der Waals surface area (Å²) in [5, 5.41) is 0.629. The highest BCUT2D eigenvalue weighted by atomic mass is 127. The van der Waals surface area contributed by atoms with E-state index in [1.165, 1.54) is 0 Å². The van der Waals surface area contributed by atoms with E-state index in [0.717, 1.165) is 9.13 Å². The molecule has 2 rings (SSSR count). The van der Waals surface area contributed by atoms with Gasteiger partial charge in [0, 0.05) is 15.6 Å². The number of carbonyl (C=O) groups excluding carboxylic acids is 1. The summed E-state index contributed by atoms with van der Waals surface area (Å²) in [6.45, 7) is 0. The minimum Gasteiger partial charge on any atom is -0.294 e. The minimum absolute atomic E-state index is 0.0921. The topological polar surface area (TPSA) is 17.1 Å². The fourth-order valence-electron chi connectivity index (χ4n) is 1.55. The molecule has 0 N–H and O–H groups in total. The minimum atomic E-state index is 0.0921. The predicted molar refractivity (Wildman–Crippen MR) is 78.6 cm³/mol. The lowest BCUT2D eigenvalue weighted by Gasteiger charge is -2.03. The van der Waals surface area contributed by atoms with Gasteiger partial charge in [0.25, 0.3) is 0 Å². The molecule has 0 aliphatic rings. The largest absolute Gasteiger partial charge is 0.294 e. The first kappa shape index (κ1) is 12.6. The molecule has 2 aromatic carbocycles. The molecule has 3 heteroatoms. The molecule has 0 radical (unpaired) electrons. The normalized spacial score (nSPS) is 10.2. The smallest absolute Gasteiger partial charge is 0.167 e. The molecule has 0 unspecified atom stereocenters. The molecule has 2 aromatic rings.